The molecule has 1 aromatic carbocycles. The molecule has 162 valence electrons. The van der Waals surface area contributed by atoms with Gasteiger partial charge in [0.2, 0.25) is 5.91 Å². The Bertz CT molecular complexity index is 1150. The van der Waals surface area contributed by atoms with Gasteiger partial charge in [0.1, 0.15) is 13.2 Å². The van der Waals surface area contributed by atoms with Crippen LogP contribution in [0.25, 0.3) is 22.3 Å². The maximum atomic E-state index is 13.0. The highest BCUT2D eigenvalue weighted by Crippen LogP contribution is 2.35. The molecule has 9 nitrogen and oxygen atoms in total. The molecule has 3 heterocycles. The van der Waals surface area contributed by atoms with Crippen molar-refractivity contribution >= 4 is 22.8 Å². The van der Waals surface area contributed by atoms with Crippen LogP contribution < -0.4 is 14.8 Å². The van der Waals surface area contributed by atoms with Gasteiger partial charge in [-0.15, -0.1) is 0 Å². The summed E-state index contributed by atoms with van der Waals surface area (Å²) in [5, 5.41) is 7.75. The standard InChI is InChI=1S/C22H25N5O4/c1-13(2)27-21-16(11-24-27)15(22(29)23-12-20(28)26(3)4)10-17(25-21)14-5-6-18-19(9-14)31-8-7-30-18/h5-6,9-11,13H,7-8,12H2,1-4H3,(H,23,29). The van der Waals surface area contributed by atoms with Gasteiger partial charge in [-0.25, -0.2) is 9.67 Å². The number of ether oxygens (including phenoxy) is 2. The van der Waals surface area contributed by atoms with Gasteiger partial charge in [-0.2, -0.15) is 5.10 Å². The van der Waals surface area contributed by atoms with E-state index >= 15 is 0 Å². The number of hydrogen-bond donors (Lipinski definition) is 1. The van der Waals surface area contributed by atoms with E-state index in [1.807, 2.05) is 32.0 Å². The smallest absolute Gasteiger partial charge is 0.252 e. The molecule has 1 aliphatic rings. The van der Waals surface area contributed by atoms with Crippen molar-refractivity contribution in [3.05, 3.63) is 36.0 Å². The molecule has 0 aliphatic carbocycles. The van der Waals surface area contributed by atoms with Gasteiger partial charge in [0.15, 0.2) is 17.1 Å². The number of amides is 2. The van der Waals surface area contributed by atoms with Gasteiger partial charge in [0.05, 0.1) is 29.4 Å². The van der Waals surface area contributed by atoms with E-state index in [0.717, 1.165) is 5.56 Å². The number of pyridine rings is 1. The second-order valence-electron chi connectivity index (χ2n) is 7.80. The molecule has 0 radical (unpaired) electrons. The molecular weight excluding hydrogens is 398 g/mol. The summed E-state index contributed by atoms with van der Waals surface area (Å²) in [5.74, 6) is 0.780. The van der Waals surface area contributed by atoms with Crippen LogP contribution in [-0.2, 0) is 4.79 Å². The van der Waals surface area contributed by atoms with Gasteiger partial charge in [0, 0.05) is 25.7 Å². The molecular formula is C22H25N5O4. The minimum Gasteiger partial charge on any atom is -0.486 e. The number of carbonyl (C=O) groups is 2. The fourth-order valence-electron chi connectivity index (χ4n) is 3.34. The summed E-state index contributed by atoms with van der Waals surface area (Å²) in [6.45, 7) is 4.91. The van der Waals surface area contributed by atoms with Crippen molar-refractivity contribution in [1.29, 1.82) is 0 Å². The van der Waals surface area contributed by atoms with Gasteiger partial charge in [0.25, 0.3) is 5.91 Å². The lowest BCUT2D eigenvalue weighted by atomic mass is 10.1. The molecule has 0 saturated heterocycles. The SMILES string of the molecule is CC(C)n1ncc2c(C(=O)NCC(=O)N(C)C)cc(-c3ccc4c(c3)OCCO4)nc21. The van der Waals surface area contributed by atoms with Crippen LogP contribution >= 0.6 is 0 Å². The number of rotatable bonds is 5. The van der Waals surface area contributed by atoms with Crippen LogP contribution in [0.4, 0.5) is 0 Å². The van der Waals surface area contributed by atoms with E-state index in [1.54, 1.807) is 31.0 Å². The zero-order chi connectivity index (χ0) is 22.1. The molecule has 0 fully saturated rings. The van der Waals surface area contributed by atoms with Crippen molar-refractivity contribution in [1.82, 2.24) is 25.0 Å². The fraction of sp³-hybridized carbons (Fsp3) is 0.364. The van der Waals surface area contributed by atoms with Gasteiger partial charge >= 0.3 is 0 Å². The van der Waals surface area contributed by atoms with E-state index in [1.165, 1.54) is 4.90 Å². The molecule has 0 bridgehead atoms. The summed E-state index contributed by atoms with van der Waals surface area (Å²) in [4.78, 5) is 31.1. The lowest BCUT2D eigenvalue weighted by Gasteiger charge is -2.19. The first-order chi connectivity index (χ1) is 14.8. The number of aromatic nitrogens is 3. The molecule has 9 heteroatoms. The Morgan fingerprint density at radius 1 is 1.16 bits per heavy atom. The molecule has 2 amide bonds. The third-order valence-electron chi connectivity index (χ3n) is 5.04. The Balaban J connectivity index is 1.78. The van der Waals surface area contributed by atoms with Crippen molar-refractivity contribution in [3.8, 4) is 22.8 Å². The minimum atomic E-state index is -0.357. The van der Waals surface area contributed by atoms with Crippen molar-refractivity contribution in [3.63, 3.8) is 0 Å². The number of benzene rings is 1. The van der Waals surface area contributed by atoms with E-state index in [2.05, 4.69) is 10.4 Å². The Morgan fingerprint density at radius 3 is 2.61 bits per heavy atom. The normalized spacial score (nSPS) is 12.8. The number of nitrogens with zero attached hydrogens (tertiary/aromatic N) is 4. The maximum absolute atomic E-state index is 13.0. The second-order valence-corrected chi connectivity index (χ2v) is 7.80. The van der Waals surface area contributed by atoms with Gasteiger partial charge in [-0.3, -0.25) is 9.59 Å². The molecule has 0 saturated carbocycles. The monoisotopic (exact) mass is 423 g/mol. The zero-order valence-electron chi connectivity index (χ0n) is 18.0. The first-order valence-electron chi connectivity index (χ1n) is 10.1. The highest BCUT2D eigenvalue weighted by molar-refractivity contribution is 6.07. The summed E-state index contributed by atoms with van der Waals surface area (Å²) in [7, 11) is 3.29. The average Bonchev–Trinajstić information content (AvgIpc) is 3.20. The Labute approximate surface area is 180 Å². The zero-order valence-corrected chi connectivity index (χ0v) is 18.0. The van der Waals surface area contributed by atoms with Gasteiger partial charge < -0.3 is 19.7 Å². The Kier molecular flexibility index (Phi) is 5.50. The van der Waals surface area contributed by atoms with Crippen LogP contribution in [0.3, 0.4) is 0 Å². The van der Waals surface area contributed by atoms with Crippen molar-refractivity contribution < 1.29 is 19.1 Å². The molecule has 1 aliphatic heterocycles. The summed E-state index contributed by atoms with van der Waals surface area (Å²) >= 11 is 0. The van der Waals surface area contributed by atoms with Crippen LogP contribution in [0, 0.1) is 0 Å². The van der Waals surface area contributed by atoms with E-state index in [4.69, 9.17) is 14.5 Å². The van der Waals surface area contributed by atoms with Crippen LogP contribution in [0.2, 0.25) is 0 Å². The van der Waals surface area contributed by atoms with Crippen molar-refractivity contribution in [2.45, 2.75) is 19.9 Å². The second kappa shape index (κ2) is 8.25. The Hall–Kier alpha value is -3.62. The minimum absolute atomic E-state index is 0.0618. The molecule has 1 N–H and O–H groups in total. The molecule has 0 unspecified atom stereocenters. The molecule has 0 atom stereocenters. The highest BCUT2D eigenvalue weighted by atomic mass is 16.6. The first-order valence-corrected chi connectivity index (χ1v) is 10.1. The lowest BCUT2D eigenvalue weighted by molar-refractivity contribution is -0.127. The first kappa shape index (κ1) is 20.6. The van der Waals surface area contributed by atoms with Crippen LogP contribution in [0.15, 0.2) is 30.5 Å². The van der Waals surface area contributed by atoms with Crippen LogP contribution in [0.1, 0.15) is 30.2 Å². The predicted molar refractivity (Wildman–Crippen MR) is 115 cm³/mol. The predicted octanol–water partition coefficient (Wildman–Crippen LogP) is 2.27. The van der Waals surface area contributed by atoms with E-state index in [-0.39, 0.29) is 24.4 Å². The van der Waals surface area contributed by atoms with Crippen LogP contribution in [0.5, 0.6) is 11.5 Å². The largest absolute Gasteiger partial charge is 0.486 e. The highest BCUT2D eigenvalue weighted by Gasteiger charge is 2.20. The van der Waals surface area contributed by atoms with Crippen molar-refractivity contribution in [2.24, 2.45) is 0 Å². The molecule has 31 heavy (non-hydrogen) atoms. The number of likely N-dealkylation sites (N-methyl/N-ethyl adjacent to an activating group) is 1. The summed E-state index contributed by atoms with van der Waals surface area (Å²) < 4.78 is 13.1. The molecule has 4 rings (SSSR count). The number of nitrogens with one attached hydrogen (secondary N) is 1. The average molecular weight is 423 g/mol. The van der Waals surface area contributed by atoms with Crippen LogP contribution in [-0.4, -0.2) is 65.3 Å². The lowest BCUT2D eigenvalue weighted by Crippen LogP contribution is -2.36. The summed E-state index contributed by atoms with van der Waals surface area (Å²) in [6.07, 6.45) is 1.64. The van der Waals surface area contributed by atoms with E-state index < -0.39 is 0 Å². The van der Waals surface area contributed by atoms with Crippen molar-refractivity contribution in [2.75, 3.05) is 33.9 Å². The Morgan fingerprint density at radius 2 is 1.90 bits per heavy atom. The topological polar surface area (TPSA) is 98.6 Å². The van der Waals surface area contributed by atoms with Gasteiger partial charge in [-0.05, 0) is 38.1 Å². The molecule has 0 spiro atoms. The molecule has 2 aromatic heterocycles. The third-order valence-corrected chi connectivity index (χ3v) is 5.04. The van der Waals surface area contributed by atoms with E-state index in [0.29, 0.717) is 47.0 Å². The summed E-state index contributed by atoms with van der Waals surface area (Å²) in [6, 6.07) is 7.36. The van der Waals surface area contributed by atoms with Gasteiger partial charge in [-0.1, -0.05) is 0 Å². The number of hydrogen-bond acceptors (Lipinski definition) is 6. The maximum Gasteiger partial charge on any atom is 0.252 e. The fourth-order valence-corrected chi connectivity index (χ4v) is 3.34. The number of carbonyl (C=O) groups excluding carboxylic acids is 2. The third kappa shape index (κ3) is 4.03. The molecule has 3 aromatic rings. The summed E-state index contributed by atoms with van der Waals surface area (Å²) in [5.41, 5.74) is 2.41. The number of fused-ring (bicyclic) bond motifs is 2. The quantitative estimate of drug-likeness (QED) is 0.676. The van der Waals surface area contributed by atoms with E-state index in [9.17, 15) is 9.59 Å².